The maximum atomic E-state index is 12.8. The van der Waals surface area contributed by atoms with E-state index in [1.54, 1.807) is 18.5 Å². The largest absolute Gasteiger partial charge is 0.363 e. The molecule has 0 aliphatic carbocycles. The van der Waals surface area contributed by atoms with Crippen molar-refractivity contribution in [2.75, 3.05) is 26.7 Å². The molecule has 8 nitrogen and oxygen atoms in total. The summed E-state index contributed by atoms with van der Waals surface area (Å²) in [7, 11) is -2.20. The van der Waals surface area contributed by atoms with Gasteiger partial charge in [-0.05, 0) is 20.8 Å². The van der Waals surface area contributed by atoms with Gasteiger partial charge in [0.25, 0.3) is 5.91 Å². The quantitative estimate of drug-likeness (QED) is 0.821. The predicted molar refractivity (Wildman–Crippen MR) is 79.8 cm³/mol. The summed E-state index contributed by atoms with van der Waals surface area (Å²) in [6, 6.07) is 0. The van der Waals surface area contributed by atoms with E-state index >= 15 is 0 Å². The van der Waals surface area contributed by atoms with Crippen molar-refractivity contribution in [3.05, 3.63) is 11.9 Å². The third-order valence-electron chi connectivity index (χ3n) is 3.92. The van der Waals surface area contributed by atoms with E-state index in [9.17, 15) is 13.2 Å². The van der Waals surface area contributed by atoms with Crippen LogP contribution in [0.2, 0.25) is 0 Å². The molecule has 9 heteroatoms. The molecule has 0 unspecified atom stereocenters. The third-order valence-corrected chi connectivity index (χ3v) is 5.87. The van der Waals surface area contributed by atoms with Gasteiger partial charge in [0.2, 0.25) is 10.0 Å². The first-order valence-electron chi connectivity index (χ1n) is 7.15. The summed E-state index contributed by atoms with van der Waals surface area (Å²) in [4.78, 5) is 12.1. The zero-order chi connectivity index (χ0) is 16.5. The second kappa shape index (κ2) is 5.98. The zero-order valence-electron chi connectivity index (χ0n) is 13.3. The smallest absolute Gasteiger partial charge is 0.253 e. The summed E-state index contributed by atoms with van der Waals surface area (Å²) in [6.45, 7) is 6.17. The maximum Gasteiger partial charge on any atom is 0.253 e. The van der Waals surface area contributed by atoms with Gasteiger partial charge in [-0.2, -0.15) is 9.40 Å². The van der Waals surface area contributed by atoms with Crippen molar-refractivity contribution in [3.63, 3.8) is 0 Å². The zero-order valence-corrected chi connectivity index (χ0v) is 14.1. The molecule has 1 aromatic heterocycles. The lowest BCUT2D eigenvalue weighted by Crippen LogP contribution is -2.58. The molecule has 1 saturated heterocycles. The topological polar surface area (TPSA) is 93.5 Å². The minimum atomic E-state index is -3.70. The van der Waals surface area contributed by atoms with Gasteiger partial charge in [-0.15, -0.1) is 0 Å². The molecule has 2 heterocycles. The third kappa shape index (κ3) is 2.75. The Morgan fingerprint density at radius 3 is 2.77 bits per heavy atom. The van der Waals surface area contributed by atoms with E-state index in [1.165, 1.54) is 17.5 Å². The predicted octanol–water partition coefficient (Wildman–Crippen LogP) is -0.263. The molecule has 22 heavy (non-hydrogen) atoms. The maximum absolute atomic E-state index is 12.8. The molecular formula is C13H22N4O4S. The molecule has 1 N–H and O–H groups in total. The van der Waals surface area contributed by atoms with Gasteiger partial charge in [-0.25, -0.2) is 8.42 Å². The standard InChI is InChI=1S/C13H22N4O4S/c1-5-17-10(2)11(8-15-17)22(19,20)16-6-7-21-13(3,9-16)12(18)14-4/h8H,5-7,9H2,1-4H3,(H,14,18)/t13-/m1/s1. The van der Waals surface area contributed by atoms with Crippen molar-refractivity contribution in [2.24, 2.45) is 0 Å². The van der Waals surface area contributed by atoms with Gasteiger partial charge in [-0.1, -0.05) is 0 Å². The van der Waals surface area contributed by atoms with Crippen LogP contribution in [-0.4, -0.2) is 60.8 Å². The Morgan fingerprint density at radius 1 is 1.55 bits per heavy atom. The van der Waals surface area contributed by atoms with Crippen LogP contribution in [0.15, 0.2) is 11.1 Å². The second-order valence-corrected chi connectivity index (χ2v) is 7.31. The van der Waals surface area contributed by atoms with E-state index in [-0.39, 0.29) is 30.5 Å². The average Bonchev–Trinajstić information content (AvgIpc) is 2.87. The molecule has 0 bridgehead atoms. The molecule has 0 spiro atoms. The molecule has 0 saturated carbocycles. The minimum absolute atomic E-state index is 0.0221. The second-order valence-electron chi connectivity index (χ2n) is 5.41. The summed E-state index contributed by atoms with van der Waals surface area (Å²) < 4.78 is 34.1. The van der Waals surface area contributed by atoms with Crippen LogP contribution in [0.1, 0.15) is 19.5 Å². The summed E-state index contributed by atoms with van der Waals surface area (Å²) in [5.41, 5.74) is -0.593. The Hall–Kier alpha value is -1.45. The van der Waals surface area contributed by atoms with Crippen molar-refractivity contribution >= 4 is 15.9 Å². The Balaban J connectivity index is 2.33. The van der Waals surface area contributed by atoms with Gasteiger partial charge in [0, 0.05) is 20.1 Å². The van der Waals surface area contributed by atoms with Crippen LogP contribution in [-0.2, 0) is 26.1 Å². The normalized spacial score (nSPS) is 23.5. The summed E-state index contributed by atoms with van der Waals surface area (Å²) in [5, 5.41) is 6.59. The summed E-state index contributed by atoms with van der Waals surface area (Å²) in [5.74, 6) is -0.339. The summed E-state index contributed by atoms with van der Waals surface area (Å²) >= 11 is 0. The lowest BCUT2D eigenvalue weighted by molar-refractivity contribution is -0.151. The number of carbonyl (C=O) groups excluding carboxylic acids is 1. The highest BCUT2D eigenvalue weighted by Gasteiger charge is 2.43. The van der Waals surface area contributed by atoms with Gasteiger partial charge in [0.1, 0.15) is 4.90 Å². The van der Waals surface area contributed by atoms with Gasteiger partial charge in [0.05, 0.1) is 25.0 Å². The van der Waals surface area contributed by atoms with Gasteiger partial charge < -0.3 is 10.1 Å². The molecular weight excluding hydrogens is 308 g/mol. The average molecular weight is 330 g/mol. The first-order valence-corrected chi connectivity index (χ1v) is 8.59. The SMILES string of the molecule is CCn1ncc(S(=O)(=O)N2CCO[C@@](C)(C(=O)NC)C2)c1C. The molecule has 0 aromatic carbocycles. The van der Waals surface area contributed by atoms with Crippen LogP contribution in [0, 0.1) is 6.92 Å². The van der Waals surface area contributed by atoms with Crippen molar-refractivity contribution in [1.29, 1.82) is 0 Å². The van der Waals surface area contributed by atoms with Crippen LogP contribution < -0.4 is 5.32 Å². The van der Waals surface area contributed by atoms with E-state index in [0.717, 1.165) is 0 Å². The molecule has 0 radical (unpaired) electrons. The van der Waals surface area contributed by atoms with Crippen LogP contribution in [0.3, 0.4) is 0 Å². The van der Waals surface area contributed by atoms with Crippen LogP contribution in [0.25, 0.3) is 0 Å². The van der Waals surface area contributed by atoms with Crippen molar-refractivity contribution in [1.82, 2.24) is 19.4 Å². The van der Waals surface area contributed by atoms with Crippen LogP contribution in [0.5, 0.6) is 0 Å². The Bertz CT molecular complexity index is 670. The number of carbonyl (C=O) groups is 1. The fraction of sp³-hybridized carbons (Fsp3) is 0.692. The minimum Gasteiger partial charge on any atom is -0.363 e. The molecule has 124 valence electrons. The molecule has 1 amide bonds. The number of morpholine rings is 1. The molecule has 1 fully saturated rings. The lowest BCUT2D eigenvalue weighted by atomic mass is 10.0. The number of hydrogen-bond acceptors (Lipinski definition) is 5. The van der Waals surface area contributed by atoms with E-state index < -0.39 is 15.6 Å². The van der Waals surface area contributed by atoms with E-state index in [0.29, 0.717) is 12.2 Å². The summed E-state index contributed by atoms with van der Waals surface area (Å²) in [6.07, 6.45) is 1.36. The number of likely N-dealkylation sites (N-methyl/N-ethyl adjacent to an activating group) is 1. The van der Waals surface area contributed by atoms with Crippen molar-refractivity contribution in [2.45, 2.75) is 37.8 Å². The monoisotopic (exact) mass is 330 g/mol. The highest BCUT2D eigenvalue weighted by molar-refractivity contribution is 7.89. The van der Waals surface area contributed by atoms with E-state index in [2.05, 4.69) is 10.4 Å². The van der Waals surface area contributed by atoms with E-state index in [1.807, 2.05) is 6.92 Å². The number of hydrogen-bond donors (Lipinski definition) is 1. The lowest BCUT2D eigenvalue weighted by Gasteiger charge is -2.38. The Morgan fingerprint density at radius 2 is 2.23 bits per heavy atom. The first-order chi connectivity index (χ1) is 10.3. The molecule has 2 rings (SSSR count). The number of aromatic nitrogens is 2. The van der Waals surface area contributed by atoms with Crippen LogP contribution >= 0.6 is 0 Å². The molecule has 1 aliphatic heterocycles. The first kappa shape index (κ1) is 16.9. The van der Waals surface area contributed by atoms with E-state index in [4.69, 9.17) is 4.74 Å². The molecule has 1 atom stereocenters. The van der Waals surface area contributed by atoms with Crippen molar-refractivity contribution in [3.8, 4) is 0 Å². The number of rotatable bonds is 4. The van der Waals surface area contributed by atoms with Gasteiger partial charge in [-0.3, -0.25) is 9.48 Å². The van der Waals surface area contributed by atoms with Crippen LogP contribution in [0.4, 0.5) is 0 Å². The fourth-order valence-electron chi connectivity index (χ4n) is 2.58. The number of aryl methyl sites for hydroxylation is 1. The van der Waals surface area contributed by atoms with Crippen molar-refractivity contribution < 1.29 is 17.9 Å². The highest BCUT2D eigenvalue weighted by Crippen LogP contribution is 2.25. The number of amides is 1. The molecule has 1 aromatic rings. The number of sulfonamides is 1. The van der Waals surface area contributed by atoms with Gasteiger partial charge >= 0.3 is 0 Å². The fourth-order valence-corrected chi connectivity index (χ4v) is 4.25. The highest BCUT2D eigenvalue weighted by atomic mass is 32.2. The molecule has 1 aliphatic rings. The number of ether oxygens (including phenoxy) is 1. The number of nitrogens with zero attached hydrogens (tertiary/aromatic N) is 3. The van der Waals surface area contributed by atoms with Gasteiger partial charge in [0.15, 0.2) is 5.60 Å². The Kier molecular flexibility index (Phi) is 4.59. The Labute approximate surface area is 130 Å². The number of nitrogens with one attached hydrogen (secondary N) is 1.